The Morgan fingerprint density at radius 2 is 2.13 bits per heavy atom. The number of alkyl halides is 3. The van der Waals surface area contributed by atoms with E-state index in [1.807, 2.05) is 0 Å². The SMILES string of the molecule is FC(F)(F)SCCCOc1ccccn1. The molecule has 2 nitrogen and oxygen atoms in total. The van der Waals surface area contributed by atoms with Gasteiger partial charge in [-0.2, -0.15) is 13.2 Å². The van der Waals surface area contributed by atoms with Crippen molar-refractivity contribution in [1.82, 2.24) is 4.98 Å². The van der Waals surface area contributed by atoms with Crippen LogP contribution < -0.4 is 4.74 Å². The Balaban J connectivity index is 2.08. The van der Waals surface area contributed by atoms with E-state index in [1.165, 1.54) is 0 Å². The fraction of sp³-hybridized carbons (Fsp3) is 0.444. The summed E-state index contributed by atoms with van der Waals surface area (Å²) < 4.78 is 40.3. The predicted octanol–water partition coefficient (Wildman–Crippen LogP) is 3.10. The van der Waals surface area contributed by atoms with Crippen LogP contribution in [0.1, 0.15) is 6.42 Å². The van der Waals surface area contributed by atoms with Crippen molar-refractivity contribution >= 4 is 11.8 Å². The molecular weight excluding hydrogens is 227 g/mol. The molecule has 1 aromatic rings. The number of rotatable bonds is 5. The number of aromatic nitrogens is 1. The molecule has 0 atom stereocenters. The molecule has 0 bridgehead atoms. The average Bonchev–Trinajstić information content (AvgIpc) is 2.17. The highest BCUT2D eigenvalue weighted by Gasteiger charge is 2.27. The fourth-order valence-electron chi connectivity index (χ4n) is 0.856. The second-order valence-corrected chi connectivity index (χ2v) is 3.82. The summed E-state index contributed by atoms with van der Waals surface area (Å²) in [5.41, 5.74) is -4.15. The summed E-state index contributed by atoms with van der Waals surface area (Å²) >= 11 is -0.0317. The van der Waals surface area contributed by atoms with Crippen molar-refractivity contribution in [3.05, 3.63) is 24.4 Å². The van der Waals surface area contributed by atoms with Crippen LogP contribution in [0.5, 0.6) is 5.88 Å². The molecule has 0 saturated heterocycles. The first-order valence-electron chi connectivity index (χ1n) is 4.32. The van der Waals surface area contributed by atoms with Gasteiger partial charge in [0.2, 0.25) is 5.88 Å². The molecule has 0 N–H and O–H groups in total. The molecule has 15 heavy (non-hydrogen) atoms. The van der Waals surface area contributed by atoms with Crippen LogP contribution in [0.3, 0.4) is 0 Å². The third-order valence-corrected chi connectivity index (χ3v) is 2.26. The number of hydrogen-bond donors (Lipinski definition) is 0. The Morgan fingerprint density at radius 3 is 2.73 bits per heavy atom. The second kappa shape index (κ2) is 5.85. The molecule has 0 aliphatic carbocycles. The highest BCUT2D eigenvalue weighted by molar-refractivity contribution is 8.00. The molecule has 1 heterocycles. The van der Waals surface area contributed by atoms with Gasteiger partial charge in [-0.25, -0.2) is 4.98 Å². The standard InChI is InChI=1S/C9H10F3NOS/c10-9(11,12)15-7-3-6-14-8-4-1-2-5-13-8/h1-2,4-5H,3,6-7H2. The van der Waals surface area contributed by atoms with Crippen molar-refractivity contribution in [2.24, 2.45) is 0 Å². The molecule has 0 fully saturated rings. The van der Waals surface area contributed by atoms with Gasteiger partial charge in [0, 0.05) is 18.0 Å². The first-order chi connectivity index (χ1) is 7.08. The van der Waals surface area contributed by atoms with Crippen LogP contribution in [0, 0.1) is 0 Å². The van der Waals surface area contributed by atoms with Gasteiger partial charge in [0.1, 0.15) is 0 Å². The van der Waals surface area contributed by atoms with E-state index in [0.29, 0.717) is 12.3 Å². The zero-order valence-electron chi connectivity index (χ0n) is 7.83. The molecule has 1 rings (SSSR count). The first kappa shape index (κ1) is 12.2. The summed E-state index contributed by atoms with van der Waals surface area (Å²) in [4.78, 5) is 3.87. The third kappa shape index (κ3) is 6.22. The molecule has 0 spiro atoms. The zero-order valence-corrected chi connectivity index (χ0v) is 8.64. The van der Waals surface area contributed by atoms with E-state index in [1.54, 1.807) is 24.4 Å². The van der Waals surface area contributed by atoms with Gasteiger partial charge < -0.3 is 4.74 Å². The number of halogens is 3. The predicted molar refractivity (Wildman–Crippen MR) is 52.9 cm³/mol. The Kier molecular flexibility index (Phi) is 4.74. The molecule has 0 radical (unpaired) electrons. The number of ether oxygens (including phenoxy) is 1. The minimum atomic E-state index is -4.15. The molecule has 0 aliphatic rings. The summed E-state index contributed by atoms with van der Waals surface area (Å²) in [7, 11) is 0. The molecule has 6 heteroatoms. The van der Waals surface area contributed by atoms with Gasteiger partial charge in [-0.05, 0) is 12.5 Å². The smallest absolute Gasteiger partial charge is 0.441 e. The first-order valence-corrected chi connectivity index (χ1v) is 5.31. The summed E-state index contributed by atoms with van der Waals surface area (Å²) in [6, 6.07) is 5.16. The van der Waals surface area contributed by atoms with E-state index in [9.17, 15) is 13.2 Å². The lowest BCUT2D eigenvalue weighted by molar-refractivity contribution is -0.0328. The van der Waals surface area contributed by atoms with Crippen LogP contribution in [-0.4, -0.2) is 22.9 Å². The van der Waals surface area contributed by atoms with Crippen molar-refractivity contribution in [3.8, 4) is 5.88 Å². The Morgan fingerprint density at radius 1 is 1.33 bits per heavy atom. The number of nitrogens with zero attached hydrogens (tertiary/aromatic N) is 1. The Labute approximate surface area is 89.8 Å². The molecule has 0 amide bonds. The monoisotopic (exact) mass is 237 g/mol. The largest absolute Gasteiger partial charge is 0.478 e. The number of hydrogen-bond acceptors (Lipinski definition) is 3. The molecule has 0 saturated carbocycles. The van der Waals surface area contributed by atoms with Gasteiger partial charge in [0.05, 0.1) is 6.61 Å². The quantitative estimate of drug-likeness (QED) is 0.735. The summed E-state index contributed by atoms with van der Waals surface area (Å²) in [5, 5.41) is 0. The highest BCUT2D eigenvalue weighted by Crippen LogP contribution is 2.30. The zero-order chi connectivity index (χ0) is 11.1. The molecular formula is C9H10F3NOS. The van der Waals surface area contributed by atoms with E-state index < -0.39 is 5.51 Å². The lowest BCUT2D eigenvalue weighted by atomic mass is 10.5. The molecule has 0 aromatic carbocycles. The maximum absolute atomic E-state index is 11.7. The van der Waals surface area contributed by atoms with Crippen LogP contribution in [-0.2, 0) is 0 Å². The Bertz CT molecular complexity index is 278. The van der Waals surface area contributed by atoms with Gasteiger partial charge >= 0.3 is 5.51 Å². The van der Waals surface area contributed by atoms with Crippen LogP contribution >= 0.6 is 11.8 Å². The van der Waals surface area contributed by atoms with Gasteiger partial charge in [-0.3, -0.25) is 0 Å². The lowest BCUT2D eigenvalue weighted by Gasteiger charge is -2.06. The third-order valence-electron chi connectivity index (χ3n) is 1.44. The minimum Gasteiger partial charge on any atom is -0.478 e. The van der Waals surface area contributed by atoms with E-state index in [2.05, 4.69) is 4.98 Å². The normalized spacial score (nSPS) is 11.4. The van der Waals surface area contributed by atoms with Gasteiger partial charge in [0.15, 0.2) is 0 Å². The van der Waals surface area contributed by atoms with Gasteiger partial charge in [0.25, 0.3) is 0 Å². The fourth-order valence-corrected chi connectivity index (χ4v) is 1.35. The van der Waals surface area contributed by atoms with E-state index >= 15 is 0 Å². The van der Waals surface area contributed by atoms with E-state index in [4.69, 9.17) is 4.74 Å². The Hall–Kier alpha value is -0.910. The number of thioether (sulfide) groups is 1. The highest BCUT2D eigenvalue weighted by atomic mass is 32.2. The lowest BCUT2D eigenvalue weighted by Crippen LogP contribution is -2.05. The molecule has 0 unspecified atom stereocenters. The van der Waals surface area contributed by atoms with Crippen molar-refractivity contribution in [2.75, 3.05) is 12.4 Å². The van der Waals surface area contributed by atoms with Crippen molar-refractivity contribution in [1.29, 1.82) is 0 Å². The topological polar surface area (TPSA) is 22.1 Å². The van der Waals surface area contributed by atoms with Crippen molar-refractivity contribution in [2.45, 2.75) is 11.9 Å². The summed E-state index contributed by atoms with van der Waals surface area (Å²) in [5.74, 6) is 0.450. The van der Waals surface area contributed by atoms with Gasteiger partial charge in [-0.15, -0.1) is 0 Å². The molecule has 0 aliphatic heterocycles. The number of pyridine rings is 1. The second-order valence-electron chi connectivity index (χ2n) is 2.66. The van der Waals surface area contributed by atoms with Crippen LogP contribution in [0.15, 0.2) is 24.4 Å². The van der Waals surface area contributed by atoms with Crippen LogP contribution in [0.2, 0.25) is 0 Å². The molecule has 84 valence electrons. The van der Waals surface area contributed by atoms with E-state index in [-0.39, 0.29) is 24.1 Å². The minimum absolute atomic E-state index is 0.0103. The van der Waals surface area contributed by atoms with Crippen LogP contribution in [0.4, 0.5) is 13.2 Å². The van der Waals surface area contributed by atoms with Crippen molar-refractivity contribution < 1.29 is 17.9 Å². The van der Waals surface area contributed by atoms with Gasteiger partial charge in [-0.1, -0.05) is 17.8 Å². The van der Waals surface area contributed by atoms with Crippen molar-refractivity contribution in [3.63, 3.8) is 0 Å². The maximum Gasteiger partial charge on any atom is 0.441 e. The molecule has 1 aromatic heterocycles. The van der Waals surface area contributed by atoms with Crippen LogP contribution in [0.25, 0.3) is 0 Å². The van der Waals surface area contributed by atoms with E-state index in [0.717, 1.165) is 0 Å². The summed E-state index contributed by atoms with van der Waals surface area (Å²) in [6.07, 6.45) is 1.92. The summed E-state index contributed by atoms with van der Waals surface area (Å²) in [6.45, 7) is 0.250. The average molecular weight is 237 g/mol. The maximum atomic E-state index is 11.7.